The fourth-order valence-electron chi connectivity index (χ4n) is 2.36. The lowest BCUT2D eigenvalue weighted by Crippen LogP contribution is -2.34. The van der Waals surface area contributed by atoms with E-state index in [9.17, 15) is 5.11 Å². The van der Waals surface area contributed by atoms with Gasteiger partial charge in [-0.15, -0.1) is 0 Å². The summed E-state index contributed by atoms with van der Waals surface area (Å²) < 4.78 is 15.6. The summed E-state index contributed by atoms with van der Waals surface area (Å²) in [5.41, 5.74) is 7.57. The van der Waals surface area contributed by atoms with E-state index in [1.807, 2.05) is 30.3 Å². The summed E-state index contributed by atoms with van der Waals surface area (Å²) in [7, 11) is 4.77. The molecule has 1 atom stereocenters. The van der Waals surface area contributed by atoms with E-state index in [-0.39, 0.29) is 12.5 Å². The summed E-state index contributed by atoms with van der Waals surface area (Å²) in [6.45, 7) is 0.644. The molecule has 0 heterocycles. The smallest absolute Gasteiger partial charge is 0.189 e. The van der Waals surface area contributed by atoms with E-state index in [1.54, 1.807) is 33.5 Å². The van der Waals surface area contributed by atoms with Crippen molar-refractivity contribution < 1.29 is 19.3 Å². The third kappa shape index (κ3) is 5.29. The second-order valence-corrected chi connectivity index (χ2v) is 5.56. The molecule has 0 saturated carbocycles. The van der Waals surface area contributed by atoms with Gasteiger partial charge in [-0.2, -0.15) is 0 Å². The van der Waals surface area contributed by atoms with Crippen LogP contribution in [0.3, 0.4) is 0 Å². The molecular formula is C19H25N3O4. The van der Waals surface area contributed by atoms with Crippen LogP contribution in [0.4, 0.5) is 0 Å². The quantitative estimate of drug-likeness (QED) is 0.491. The van der Waals surface area contributed by atoms with E-state index in [2.05, 4.69) is 10.3 Å². The van der Waals surface area contributed by atoms with Crippen molar-refractivity contribution in [3.63, 3.8) is 0 Å². The van der Waals surface area contributed by atoms with Crippen molar-refractivity contribution in [1.82, 2.24) is 5.32 Å². The van der Waals surface area contributed by atoms with Crippen LogP contribution in [0, 0.1) is 0 Å². The van der Waals surface area contributed by atoms with Crippen molar-refractivity contribution in [2.24, 2.45) is 10.7 Å². The Morgan fingerprint density at radius 1 is 1.04 bits per heavy atom. The maximum atomic E-state index is 10.2. The number of rotatable bonds is 8. The number of ether oxygens (including phenoxy) is 3. The molecule has 26 heavy (non-hydrogen) atoms. The molecule has 1 unspecified atom stereocenters. The Morgan fingerprint density at radius 2 is 1.73 bits per heavy atom. The molecule has 2 aromatic rings. The normalized spacial score (nSPS) is 12.4. The molecular weight excluding hydrogens is 334 g/mol. The average molecular weight is 359 g/mol. The first kappa shape index (κ1) is 19.4. The van der Waals surface area contributed by atoms with Crippen LogP contribution in [0.25, 0.3) is 0 Å². The van der Waals surface area contributed by atoms with Crippen LogP contribution >= 0.6 is 0 Å². The number of nitrogens with zero attached hydrogens (tertiary/aromatic N) is 1. The molecule has 0 aromatic heterocycles. The Hall–Kier alpha value is -2.93. The Kier molecular flexibility index (Phi) is 7.11. The number of nitrogens with one attached hydrogen (secondary N) is 1. The van der Waals surface area contributed by atoms with Gasteiger partial charge in [0.2, 0.25) is 0 Å². The largest absolute Gasteiger partial charge is 0.497 e. The summed E-state index contributed by atoms with van der Waals surface area (Å²) in [5.74, 6) is 2.30. The molecule has 0 aliphatic carbocycles. The topological polar surface area (TPSA) is 98.3 Å². The van der Waals surface area contributed by atoms with Crippen molar-refractivity contribution in [1.29, 1.82) is 0 Å². The maximum Gasteiger partial charge on any atom is 0.189 e. The summed E-state index contributed by atoms with van der Waals surface area (Å²) in [4.78, 5) is 4.27. The average Bonchev–Trinajstić information content (AvgIpc) is 2.70. The van der Waals surface area contributed by atoms with Gasteiger partial charge in [-0.25, -0.2) is 4.99 Å². The predicted octanol–water partition coefficient (Wildman–Crippen LogP) is 1.85. The van der Waals surface area contributed by atoms with Gasteiger partial charge < -0.3 is 30.4 Å². The monoisotopic (exact) mass is 359 g/mol. The lowest BCUT2D eigenvalue weighted by atomic mass is 10.1. The van der Waals surface area contributed by atoms with Crippen molar-refractivity contribution in [2.75, 3.05) is 27.9 Å². The van der Waals surface area contributed by atoms with Crippen molar-refractivity contribution in [2.45, 2.75) is 12.6 Å². The van der Waals surface area contributed by atoms with Crippen LogP contribution in [-0.2, 0) is 6.54 Å². The Bertz CT molecular complexity index is 732. The Morgan fingerprint density at radius 3 is 2.35 bits per heavy atom. The molecule has 0 fully saturated rings. The predicted molar refractivity (Wildman–Crippen MR) is 101 cm³/mol. The number of hydrogen-bond donors (Lipinski definition) is 3. The Labute approximate surface area is 153 Å². The van der Waals surface area contributed by atoms with Gasteiger partial charge in [0.1, 0.15) is 5.75 Å². The fourth-order valence-corrected chi connectivity index (χ4v) is 2.36. The van der Waals surface area contributed by atoms with Crippen LogP contribution in [-0.4, -0.2) is 38.9 Å². The van der Waals surface area contributed by atoms with Crippen LogP contribution in [0.15, 0.2) is 47.5 Å². The summed E-state index contributed by atoms with van der Waals surface area (Å²) in [6, 6.07) is 12.8. The van der Waals surface area contributed by atoms with Gasteiger partial charge >= 0.3 is 0 Å². The van der Waals surface area contributed by atoms with Gasteiger partial charge in [-0.05, 0) is 35.4 Å². The first-order valence-electron chi connectivity index (χ1n) is 8.14. The molecule has 0 aliphatic rings. The van der Waals surface area contributed by atoms with Gasteiger partial charge in [0.15, 0.2) is 17.5 Å². The fraction of sp³-hybridized carbons (Fsp3) is 0.316. The molecule has 0 saturated heterocycles. The van der Waals surface area contributed by atoms with E-state index in [0.717, 1.165) is 16.9 Å². The molecule has 0 spiro atoms. The van der Waals surface area contributed by atoms with E-state index < -0.39 is 6.10 Å². The number of aliphatic hydroxyl groups is 1. The maximum absolute atomic E-state index is 10.2. The molecule has 0 aliphatic heterocycles. The van der Waals surface area contributed by atoms with Gasteiger partial charge in [-0.3, -0.25) is 0 Å². The first-order valence-corrected chi connectivity index (χ1v) is 8.14. The summed E-state index contributed by atoms with van der Waals surface area (Å²) in [5, 5.41) is 13.1. The highest BCUT2D eigenvalue weighted by Crippen LogP contribution is 2.27. The van der Waals surface area contributed by atoms with Gasteiger partial charge in [0, 0.05) is 6.54 Å². The second kappa shape index (κ2) is 9.53. The molecule has 7 nitrogen and oxygen atoms in total. The molecule has 4 N–H and O–H groups in total. The minimum absolute atomic E-state index is 0.257. The molecule has 2 aromatic carbocycles. The van der Waals surface area contributed by atoms with E-state index in [4.69, 9.17) is 19.9 Å². The minimum Gasteiger partial charge on any atom is -0.497 e. The number of hydrogen-bond acceptors (Lipinski definition) is 5. The number of aliphatic hydroxyl groups excluding tert-OH is 1. The van der Waals surface area contributed by atoms with Gasteiger partial charge in [0.25, 0.3) is 0 Å². The Balaban J connectivity index is 1.89. The van der Waals surface area contributed by atoms with Gasteiger partial charge in [-0.1, -0.05) is 18.2 Å². The van der Waals surface area contributed by atoms with Crippen molar-refractivity contribution in [3.8, 4) is 17.2 Å². The number of nitrogens with two attached hydrogens (primary N) is 1. The summed E-state index contributed by atoms with van der Waals surface area (Å²) >= 11 is 0. The van der Waals surface area contributed by atoms with Gasteiger partial charge in [0.05, 0.1) is 34.0 Å². The zero-order valence-corrected chi connectivity index (χ0v) is 15.2. The molecule has 7 heteroatoms. The van der Waals surface area contributed by atoms with Crippen LogP contribution < -0.4 is 25.3 Å². The standard InChI is InChI=1S/C19H25N3O4/c1-24-15-7-5-14(6-8-15)16(23)12-22-19(20)21-11-13-4-9-17(25-2)18(10-13)26-3/h4-10,16,23H,11-12H2,1-3H3,(H3,20,21,22). The van der Waals surface area contributed by atoms with Crippen LogP contribution in [0.1, 0.15) is 17.2 Å². The molecule has 2 rings (SSSR count). The molecule has 0 radical (unpaired) electrons. The third-order valence-electron chi connectivity index (χ3n) is 3.86. The zero-order valence-electron chi connectivity index (χ0n) is 15.2. The lowest BCUT2D eigenvalue weighted by molar-refractivity contribution is 0.181. The number of methoxy groups -OCH3 is 3. The molecule has 0 amide bonds. The third-order valence-corrected chi connectivity index (χ3v) is 3.86. The molecule has 140 valence electrons. The van der Waals surface area contributed by atoms with Crippen LogP contribution in [0.5, 0.6) is 17.2 Å². The number of benzene rings is 2. The van der Waals surface area contributed by atoms with E-state index in [0.29, 0.717) is 18.0 Å². The highest BCUT2D eigenvalue weighted by atomic mass is 16.5. The number of aliphatic imine (C=N–C) groups is 1. The number of guanidine groups is 1. The van der Waals surface area contributed by atoms with Crippen LogP contribution in [0.2, 0.25) is 0 Å². The zero-order chi connectivity index (χ0) is 18.9. The minimum atomic E-state index is -0.698. The van der Waals surface area contributed by atoms with E-state index in [1.165, 1.54) is 0 Å². The highest BCUT2D eigenvalue weighted by Gasteiger charge is 2.08. The second-order valence-electron chi connectivity index (χ2n) is 5.56. The van der Waals surface area contributed by atoms with E-state index >= 15 is 0 Å². The SMILES string of the molecule is COc1ccc(C(O)CNC(N)=NCc2ccc(OC)c(OC)c2)cc1. The van der Waals surface area contributed by atoms with Crippen molar-refractivity contribution >= 4 is 5.96 Å². The van der Waals surface area contributed by atoms with Crippen molar-refractivity contribution in [3.05, 3.63) is 53.6 Å². The molecule has 0 bridgehead atoms. The summed E-state index contributed by atoms with van der Waals surface area (Å²) in [6.07, 6.45) is -0.698. The lowest BCUT2D eigenvalue weighted by Gasteiger charge is -2.13. The highest BCUT2D eigenvalue weighted by molar-refractivity contribution is 5.77. The first-order chi connectivity index (χ1) is 12.6.